The van der Waals surface area contributed by atoms with Crippen molar-refractivity contribution in [1.82, 2.24) is 0 Å². The molecule has 0 aliphatic rings. The van der Waals surface area contributed by atoms with Crippen LogP contribution in [0.2, 0.25) is 0 Å². The van der Waals surface area contributed by atoms with Gasteiger partial charge in [0.2, 0.25) is 10.0 Å². The third-order valence-corrected chi connectivity index (χ3v) is 3.61. The molecule has 0 spiro atoms. The van der Waals surface area contributed by atoms with Gasteiger partial charge < -0.3 is 4.74 Å². The van der Waals surface area contributed by atoms with E-state index in [2.05, 4.69) is 0 Å². The second kappa shape index (κ2) is 5.40. The van der Waals surface area contributed by atoms with Crippen molar-refractivity contribution < 1.29 is 18.3 Å². The number of nitrogens with two attached hydrogens (primary N) is 1. The van der Waals surface area contributed by atoms with Crippen LogP contribution in [-0.4, -0.2) is 8.42 Å². The number of benzene rings is 2. The van der Waals surface area contributed by atoms with Crippen LogP contribution < -0.4 is 15.1 Å². The SMILES string of the molecule is Cc1ccccc1Oc1ccc([NH+]=O)cc1S(N)(=O)=O. The molecule has 3 N–H and O–H groups in total. The van der Waals surface area contributed by atoms with Crippen LogP contribution in [0.5, 0.6) is 11.5 Å². The molecule has 0 heterocycles. The lowest BCUT2D eigenvalue weighted by atomic mass is 10.2. The lowest BCUT2D eigenvalue weighted by Gasteiger charge is -2.11. The molecule has 0 saturated carbocycles. The summed E-state index contributed by atoms with van der Waals surface area (Å²) in [6, 6.07) is 11.1. The number of para-hydroxylation sites is 1. The molecule has 2 aromatic rings. The van der Waals surface area contributed by atoms with E-state index in [0.717, 1.165) is 11.6 Å². The van der Waals surface area contributed by atoms with Crippen LogP contribution in [0.4, 0.5) is 5.69 Å². The van der Waals surface area contributed by atoms with E-state index in [1.807, 2.05) is 19.1 Å². The first-order valence-corrected chi connectivity index (χ1v) is 7.25. The fraction of sp³-hybridized carbons (Fsp3) is 0.0769. The van der Waals surface area contributed by atoms with Crippen molar-refractivity contribution in [2.45, 2.75) is 11.8 Å². The van der Waals surface area contributed by atoms with Crippen molar-refractivity contribution >= 4 is 15.7 Å². The molecule has 0 radical (unpaired) electrons. The second-order valence-corrected chi connectivity index (χ2v) is 5.71. The predicted octanol–water partition coefficient (Wildman–Crippen LogP) is 0.913. The molecule has 0 unspecified atom stereocenters. The largest absolute Gasteiger partial charge is 0.456 e. The Morgan fingerprint density at radius 3 is 2.40 bits per heavy atom. The van der Waals surface area contributed by atoms with Crippen molar-refractivity contribution in [3.8, 4) is 11.5 Å². The summed E-state index contributed by atoms with van der Waals surface area (Å²) in [5.41, 5.74) is 0.935. The summed E-state index contributed by atoms with van der Waals surface area (Å²) >= 11 is 0. The van der Waals surface area contributed by atoms with Crippen LogP contribution in [0.15, 0.2) is 47.4 Å². The molecule has 0 bridgehead atoms. The Hall–Kier alpha value is -2.25. The number of nitroso groups, excluding NO2 is 1. The van der Waals surface area contributed by atoms with Crippen molar-refractivity contribution in [3.05, 3.63) is 52.9 Å². The van der Waals surface area contributed by atoms with Gasteiger partial charge in [-0.3, -0.25) is 0 Å². The first-order chi connectivity index (χ1) is 9.41. The minimum atomic E-state index is -4.00. The van der Waals surface area contributed by atoms with E-state index in [1.54, 1.807) is 17.3 Å². The maximum Gasteiger partial charge on any atom is 0.254 e. The molecule has 104 valence electrons. The molecule has 0 amide bonds. The highest BCUT2D eigenvalue weighted by Gasteiger charge is 2.19. The Morgan fingerprint density at radius 1 is 1.10 bits per heavy atom. The van der Waals surface area contributed by atoms with Crippen LogP contribution in [0, 0.1) is 11.8 Å². The average molecular weight is 293 g/mol. The minimum Gasteiger partial charge on any atom is -0.456 e. The Kier molecular flexibility index (Phi) is 3.82. The van der Waals surface area contributed by atoms with Gasteiger partial charge in [-0.25, -0.2) is 13.6 Å². The number of rotatable bonds is 4. The summed E-state index contributed by atoms with van der Waals surface area (Å²) in [5.74, 6) is 0.584. The quantitative estimate of drug-likeness (QED) is 0.875. The third-order valence-electron chi connectivity index (χ3n) is 2.68. The highest BCUT2D eigenvalue weighted by atomic mass is 32.2. The van der Waals surface area contributed by atoms with Crippen LogP contribution in [0.25, 0.3) is 0 Å². The fourth-order valence-corrected chi connectivity index (χ4v) is 2.35. The zero-order valence-corrected chi connectivity index (χ0v) is 11.5. The Morgan fingerprint density at radius 2 is 1.80 bits per heavy atom. The smallest absolute Gasteiger partial charge is 0.254 e. The normalized spacial score (nSPS) is 11.1. The minimum absolute atomic E-state index is 0.0702. The van der Waals surface area contributed by atoms with Gasteiger partial charge in [0, 0.05) is 22.2 Å². The molecule has 20 heavy (non-hydrogen) atoms. The number of ether oxygens (including phenoxy) is 1. The van der Waals surface area contributed by atoms with Gasteiger partial charge in [0.05, 0.1) is 0 Å². The molecule has 0 atom stereocenters. The monoisotopic (exact) mass is 293 g/mol. The predicted molar refractivity (Wildman–Crippen MR) is 73.1 cm³/mol. The number of primary sulfonamides is 1. The fourth-order valence-electron chi connectivity index (χ4n) is 1.67. The standard InChI is InChI=1S/C13H12N2O4S/c1-9-4-2-3-5-11(9)19-12-7-6-10(15-16)8-13(12)20(14,17)18/h2-8H,1H3,(H2,14,17,18)/p+1. The van der Waals surface area contributed by atoms with Crippen LogP contribution >= 0.6 is 0 Å². The summed E-state index contributed by atoms with van der Waals surface area (Å²) in [7, 11) is -4.00. The Balaban J connectivity index is 2.52. The molecule has 0 aliphatic heterocycles. The van der Waals surface area contributed by atoms with Gasteiger partial charge in [0.25, 0.3) is 5.69 Å². The van der Waals surface area contributed by atoms with Gasteiger partial charge in [-0.1, -0.05) is 18.2 Å². The zero-order valence-electron chi connectivity index (χ0n) is 10.7. The first-order valence-electron chi connectivity index (χ1n) is 5.70. The zero-order chi connectivity index (χ0) is 14.8. The number of aryl methyl sites for hydroxylation is 1. The van der Waals surface area contributed by atoms with Gasteiger partial charge in [0.15, 0.2) is 0 Å². The van der Waals surface area contributed by atoms with Crippen LogP contribution in [0.1, 0.15) is 5.56 Å². The molecule has 2 aromatic carbocycles. The molecule has 7 heteroatoms. The molecule has 2 rings (SSSR count). The van der Waals surface area contributed by atoms with Gasteiger partial charge in [-0.05, 0) is 24.6 Å². The topological polar surface area (TPSA) is 100 Å². The highest BCUT2D eigenvalue weighted by molar-refractivity contribution is 7.89. The number of nitrogens with one attached hydrogen (secondary N) is 1. The highest BCUT2D eigenvalue weighted by Crippen LogP contribution is 2.30. The second-order valence-electron chi connectivity index (χ2n) is 4.18. The van der Waals surface area contributed by atoms with E-state index in [9.17, 15) is 13.3 Å². The first kappa shape index (κ1) is 14.2. The Labute approximate surface area is 116 Å². The van der Waals surface area contributed by atoms with Crippen molar-refractivity contribution in [3.63, 3.8) is 0 Å². The summed E-state index contributed by atoms with van der Waals surface area (Å²) in [6.45, 7) is 1.83. The summed E-state index contributed by atoms with van der Waals surface area (Å²) in [6.07, 6.45) is 0. The van der Waals surface area contributed by atoms with Gasteiger partial charge >= 0.3 is 0 Å². The molecule has 0 aliphatic carbocycles. The number of hydrogen-bond acceptors (Lipinski definition) is 4. The van der Waals surface area contributed by atoms with E-state index >= 15 is 0 Å². The molecule has 6 nitrogen and oxygen atoms in total. The maximum atomic E-state index is 11.6. The van der Waals surface area contributed by atoms with Crippen molar-refractivity contribution in [2.75, 3.05) is 0 Å². The Bertz CT molecular complexity index is 757. The van der Waals surface area contributed by atoms with Crippen molar-refractivity contribution in [1.29, 1.82) is 0 Å². The molecular formula is C13H13N2O4S+. The summed E-state index contributed by atoms with van der Waals surface area (Å²) in [4.78, 5) is 10.4. The van der Waals surface area contributed by atoms with E-state index in [1.165, 1.54) is 12.1 Å². The molecule has 0 fully saturated rings. The van der Waals surface area contributed by atoms with Crippen LogP contribution in [0.3, 0.4) is 0 Å². The molecular weight excluding hydrogens is 280 g/mol. The van der Waals surface area contributed by atoms with Crippen LogP contribution in [-0.2, 0) is 10.0 Å². The number of hydrogen-bond donors (Lipinski definition) is 2. The number of sulfonamides is 1. The van der Waals surface area contributed by atoms with E-state index in [4.69, 9.17) is 9.88 Å². The van der Waals surface area contributed by atoms with Crippen molar-refractivity contribution in [2.24, 2.45) is 5.14 Å². The third kappa shape index (κ3) is 3.01. The lowest BCUT2D eigenvalue weighted by molar-refractivity contribution is -0.379. The maximum absolute atomic E-state index is 11.6. The molecule has 0 aromatic heterocycles. The molecule has 0 saturated heterocycles. The van der Waals surface area contributed by atoms with E-state index in [0.29, 0.717) is 5.75 Å². The van der Waals surface area contributed by atoms with E-state index in [-0.39, 0.29) is 16.3 Å². The van der Waals surface area contributed by atoms with Gasteiger partial charge in [-0.15, -0.1) is 0 Å². The van der Waals surface area contributed by atoms with Gasteiger partial charge in [-0.2, -0.15) is 0 Å². The summed E-state index contributed by atoms with van der Waals surface area (Å²) in [5, 5.41) is 6.75. The average Bonchev–Trinajstić information content (AvgIpc) is 2.40. The lowest BCUT2D eigenvalue weighted by Crippen LogP contribution is -2.55. The summed E-state index contributed by atoms with van der Waals surface area (Å²) < 4.78 is 28.7. The van der Waals surface area contributed by atoms with Gasteiger partial charge in [0.1, 0.15) is 16.4 Å². The van der Waals surface area contributed by atoms with E-state index < -0.39 is 10.0 Å².